The average molecular weight is 763 g/mol. The molecule has 3 aliphatic carbocycles. The average Bonchev–Trinajstić information content (AvgIpc) is 3.48. The van der Waals surface area contributed by atoms with Crippen molar-refractivity contribution >= 4 is 69.6 Å². The van der Waals surface area contributed by atoms with Crippen LogP contribution in [0.15, 0.2) is 24.8 Å². The van der Waals surface area contributed by atoms with Crippen molar-refractivity contribution < 1.29 is 45.3 Å². The fourth-order valence-corrected chi connectivity index (χ4v) is 10.0. The first kappa shape index (κ1) is 39.1. The van der Waals surface area contributed by atoms with Crippen LogP contribution in [0, 0.1) is 22.7 Å². The van der Waals surface area contributed by atoms with Crippen molar-refractivity contribution in [1.29, 1.82) is 0 Å². The molecule has 0 N–H and O–H groups in total. The molecule has 0 spiro atoms. The van der Waals surface area contributed by atoms with Gasteiger partial charge in [-0.3, -0.25) is 0 Å². The lowest BCUT2D eigenvalue weighted by Crippen LogP contribution is -2.71. The van der Waals surface area contributed by atoms with E-state index >= 15 is 0 Å². The Balaban J connectivity index is 0.000000257. The first-order chi connectivity index (χ1) is 20.0. The number of halogens is 12. The number of rotatable bonds is 7. The fourth-order valence-electron chi connectivity index (χ4n) is 7.67. The second-order valence-electron chi connectivity index (χ2n) is 12.2. The maximum Gasteiger partial charge on any atom is 0.406 e. The summed E-state index contributed by atoms with van der Waals surface area (Å²) in [5.74, 6) is -0.00847. The van der Waals surface area contributed by atoms with E-state index in [1.165, 1.54) is 13.2 Å². The van der Waals surface area contributed by atoms with Crippen LogP contribution in [0.3, 0.4) is 0 Å². The molecule has 4 rings (SSSR count). The van der Waals surface area contributed by atoms with Crippen LogP contribution in [0.2, 0.25) is 0 Å². The molecule has 0 radical (unpaired) electrons. The van der Waals surface area contributed by atoms with E-state index in [1.807, 2.05) is 26.0 Å². The van der Waals surface area contributed by atoms with Crippen LogP contribution >= 0.6 is 69.6 Å². The summed E-state index contributed by atoms with van der Waals surface area (Å²) < 4.78 is 102. The van der Waals surface area contributed by atoms with Gasteiger partial charge in [-0.05, 0) is 52.4 Å². The van der Waals surface area contributed by atoms with Gasteiger partial charge in [0.05, 0.1) is 18.8 Å². The van der Waals surface area contributed by atoms with Gasteiger partial charge in [-0.2, -0.15) is 26.3 Å². The third-order valence-corrected chi connectivity index (χ3v) is 11.4. The lowest BCUT2D eigenvalue weighted by atomic mass is 9.51. The highest BCUT2D eigenvalue weighted by molar-refractivity contribution is 6.73. The van der Waals surface area contributed by atoms with Crippen LogP contribution < -0.4 is 0 Å². The molecule has 4 atom stereocenters. The van der Waals surface area contributed by atoms with Gasteiger partial charge < -0.3 is 18.9 Å². The normalized spacial score (nSPS) is 32.5. The topological polar surface area (TPSA) is 36.9 Å². The van der Waals surface area contributed by atoms with E-state index in [9.17, 15) is 26.3 Å². The van der Waals surface area contributed by atoms with Crippen molar-refractivity contribution in [1.82, 2.24) is 0 Å². The number of alkyl halides is 12. The zero-order valence-corrected chi connectivity index (χ0v) is 28.9. The van der Waals surface area contributed by atoms with Gasteiger partial charge >= 0.3 is 12.4 Å². The van der Waals surface area contributed by atoms with E-state index in [-0.39, 0.29) is 57.2 Å². The van der Waals surface area contributed by atoms with Gasteiger partial charge in [0.2, 0.25) is 7.59 Å². The van der Waals surface area contributed by atoms with Crippen molar-refractivity contribution in [2.75, 3.05) is 27.1 Å². The van der Waals surface area contributed by atoms with E-state index < -0.39 is 60.8 Å². The molecule has 16 heteroatoms. The van der Waals surface area contributed by atoms with Gasteiger partial charge in [0, 0.05) is 24.4 Å². The van der Waals surface area contributed by atoms with Crippen molar-refractivity contribution in [3.8, 4) is 0 Å². The SMILES string of the molecule is C=CC12CCCC1(OCOCCOC)C(C(F)(F)F)(C(F)(F)F)CCC2.CC1(C)OC(C(Cl)(Cl)Cl)(C(Cl)(Cl)Cl)C2C=CC1C2. The van der Waals surface area contributed by atoms with Crippen LogP contribution in [0.5, 0.6) is 0 Å². The predicted octanol–water partition coefficient (Wildman–Crippen LogP) is 10.5. The Morgan fingerprint density at radius 1 is 0.841 bits per heavy atom. The molecule has 0 amide bonds. The molecule has 1 heterocycles. The highest BCUT2D eigenvalue weighted by Crippen LogP contribution is 2.73. The fraction of sp³-hybridized carbons (Fsp3) is 0.857. The monoisotopic (exact) mass is 760 g/mol. The second-order valence-corrected chi connectivity index (χ2v) is 16.8. The van der Waals surface area contributed by atoms with E-state index in [4.69, 9.17) is 88.6 Å². The zero-order chi connectivity index (χ0) is 33.7. The Morgan fingerprint density at radius 3 is 1.84 bits per heavy atom. The molecule has 2 bridgehead atoms. The third kappa shape index (κ3) is 6.26. The lowest BCUT2D eigenvalue weighted by Gasteiger charge is -2.59. The second kappa shape index (κ2) is 13.2. The molecular formula is C28H36Cl6F6O4. The molecule has 3 fully saturated rings. The molecular weight excluding hydrogens is 727 g/mol. The molecule has 44 heavy (non-hydrogen) atoms. The van der Waals surface area contributed by atoms with E-state index in [0.717, 1.165) is 6.42 Å². The summed E-state index contributed by atoms with van der Waals surface area (Å²) in [6.07, 6.45) is -6.08. The third-order valence-electron chi connectivity index (χ3n) is 9.76. The highest BCUT2D eigenvalue weighted by Gasteiger charge is 2.85. The van der Waals surface area contributed by atoms with E-state index in [1.54, 1.807) is 0 Å². The van der Waals surface area contributed by atoms with Crippen molar-refractivity contribution in [2.45, 2.75) is 95.5 Å². The number of fused-ring (bicyclic) bond motifs is 3. The molecule has 4 aliphatic rings. The van der Waals surface area contributed by atoms with Crippen molar-refractivity contribution in [3.63, 3.8) is 0 Å². The largest absolute Gasteiger partial charge is 0.406 e. The van der Waals surface area contributed by atoms with Gasteiger partial charge in [0.25, 0.3) is 0 Å². The van der Waals surface area contributed by atoms with Crippen LogP contribution in [-0.2, 0) is 18.9 Å². The van der Waals surface area contributed by atoms with Gasteiger partial charge in [-0.25, -0.2) is 0 Å². The van der Waals surface area contributed by atoms with E-state index in [0.29, 0.717) is 0 Å². The Hall–Kier alpha value is 0.640. The Morgan fingerprint density at radius 2 is 1.36 bits per heavy atom. The summed E-state index contributed by atoms with van der Waals surface area (Å²) in [6, 6.07) is 0. The van der Waals surface area contributed by atoms with Gasteiger partial charge in [0.1, 0.15) is 12.4 Å². The van der Waals surface area contributed by atoms with Gasteiger partial charge in [-0.1, -0.05) is 94.3 Å². The number of hydrogen-bond acceptors (Lipinski definition) is 4. The quantitative estimate of drug-likeness (QED) is 0.0851. The molecule has 0 aromatic heterocycles. The molecule has 4 unspecified atom stereocenters. The van der Waals surface area contributed by atoms with Crippen LogP contribution in [-0.4, -0.2) is 63.9 Å². The van der Waals surface area contributed by atoms with Crippen molar-refractivity contribution in [3.05, 3.63) is 24.8 Å². The minimum atomic E-state index is -5.50. The number of hydrogen-bond donors (Lipinski definition) is 0. The Kier molecular flexibility index (Phi) is 11.7. The first-order valence-electron chi connectivity index (χ1n) is 13.9. The van der Waals surface area contributed by atoms with Crippen LogP contribution in [0.1, 0.15) is 58.8 Å². The van der Waals surface area contributed by atoms with Gasteiger partial charge in [-0.15, -0.1) is 6.58 Å². The molecule has 0 aromatic rings. The lowest BCUT2D eigenvalue weighted by molar-refractivity contribution is -0.422. The standard InChI is InChI=1S/C17H24F6O3.C11H12Cl6O/c1-3-13-6-4-8-14(16(18,19)20,17(21,22)23)15(13,9-5-7-13)26-12-25-11-10-24-2;1-8(2)6-3-4-7(5-6)9(18-8,10(12,13)14)11(15,16)17/h3H,1,4-12H2,2H3;3-4,6-7H,5H2,1-2H3. The molecule has 4 nitrogen and oxygen atoms in total. The minimum absolute atomic E-state index is 0.0126. The number of methoxy groups -OCH3 is 1. The molecule has 2 saturated carbocycles. The summed E-state index contributed by atoms with van der Waals surface area (Å²) in [5.41, 5.74) is -9.86. The summed E-state index contributed by atoms with van der Waals surface area (Å²) in [4.78, 5) is 0. The summed E-state index contributed by atoms with van der Waals surface area (Å²) in [5, 5.41) is 0. The zero-order valence-electron chi connectivity index (χ0n) is 24.3. The molecule has 0 aromatic carbocycles. The molecule has 1 aliphatic heterocycles. The predicted molar refractivity (Wildman–Crippen MR) is 161 cm³/mol. The summed E-state index contributed by atoms with van der Waals surface area (Å²) in [6.45, 7) is 6.90. The van der Waals surface area contributed by atoms with E-state index in [2.05, 4.69) is 6.58 Å². The highest BCUT2D eigenvalue weighted by atomic mass is 35.6. The minimum Gasteiger partial charge on any atom is -0.382 e. The maximum absolute atomic E-state index is 14.0. The molecule has 1 saturated heterocycles. The summed E-state index contributed by atoms with van der Waals surface area (Å²) >= 11 is 36.5. The Bertz CT molecular complexity index is 1030. The maximum atomic E-state index is 14.0. The van der Waals surface area contributed by atoms with Crippen LogP contribution in [0.25, 0.3) is 0 Å². The first-order valence-corrected chi connectivity index (χ1v) is 16.2. The smallest absolute Gasteiger partial charge is 0.382 e. The van der Waals surface area contributed by atoms with Crippen molar-refractivity contribution in [2.24, 2.45) is 22.7 Å². The van der Waals surface area contributed by atoms with Crippen LogP contribution in [0.4, 0.5) is 26.3 Å². The number of ether oxygens (including phenoxy) is 4. The molecule has 256 valence electrons. The Labute approximate surface area is 283 Å². The van der Waals surface area contributed by atoms with Gasteiger partial charge in [0.15, 0.2) is 11.0 Å². The summed E-state index contributed by atoms with van der Waals surface area (Å²) in [7, 11) is 1.40.